The van der Waals surface area contributed by atoms with Gasteiger partial charge in [0.1, 0.15) is 5.75 Å². The largest absolute Gasteiger partial charge is 0.573 e. The highest BCUT2D eigenvalue weighted by molar-refractivity contribution is 5.53. The van der Waals surface area contributed by atoms with Gasteiger partial charge in [0.15, 0.2) is 0 Å². The van der Waals surface area contributed by atoms with Crippen molar-refractivity contribution in [2.45, 2.75) is 59.0 Å². The minimum atomic E-state index is -4.70. The van der Waals surface area contributed by atoms with E-state index in [1.165, 1.54) is 12.1 Å². The average Bonchev–Trinajstić information content (AvgIpc) is 2.53. The van der Waals surface area contributed by atoms with Crippen LogP contribution >= 0.6 is 0 Å². The number of anilines is 1. The number of alkyl halides is 3. The molecule has 0 radical (unpaired) electrons. The van der Waals surface area contributed by atoms with Crippen LogP contribution in [-0.2, 0) is 6.54 Å². The zero-order valence-corrected chi connectivity index (χ0v) is 17.4. The summed E-state index contributed by atoms with van der Waals surface area (Å²) in [6.45, 7) is 11.5. The highest BCUT2D eigenvalue weighted by Crippen LogP contribution is 2.30. The van der Waals surface area contributed by atoms with Crippen LogP contribution in [0.2, 0.25) is 0 Å². The number of rotatable bonds is 11. The van der Waals surface area contributed by atoms with Gasteiger partial charge in [0, 0.05) is 37.4 Å². The molecule has 1 aromatic rings. The van der Waals surface area contributed by atoms with E-state index in [-0.39, 0.29) is 11.3 Å². The van der Waals surface area contributed by atoms with Crippen molar-refractivity contribution >= 4 is 5.69 Å². The average molecular weight is 390 g/mol. The molecular weight excluding hydrogens is 355 g/mol. The molecule has 0 atom stereocenters. The van der Waals surface area contributed by atoms with Gasteiger partial charge in [0.25, 0.3) is 0 Å². The van der Waals surface area contributed by atoms with Crippen LogP contribution in [0.3, 0.4) is 0 Å². The van der Waals surface area contributed by atoms with Gasteiger partial charge < -0.3 is 15.0 Å². The SMILES string of the molecule is CCCN(C)c1cc(CN(C)C(C)(C)CCNCC)cc(OC(F)(F)F)c1. The Morgan fingerprint density at radius 1 is 1.07 bits per heavy atom. The van der Waals surface area contributed by atoms with Gasteiger partial charge in [0.05, 0.1) is 0 Å². The number of nitrogens with one attached hydrogen (secondary N) is 1. The van der Waals surface area contributed by atoms with Crippen LogP contribution in [0.1, 0.15) is 46.1 Å². The van der Waals surface area contributed by atoms with Crippen LogP contribution in [0, 0.1) is 0 Å². The van der Waals surface area contributed by atoms with Gasteiger partial charge in [-0.25, -0.2) is 0 Å². The lowest BCUT2D eigenvalue weighted by molar-refractivity contribution is -0.274. The van der Waals surface area contributed by atoms with Crippen LogP contribution in [0.25, 0.3) is 0 Å². The fourth-order valence-electron chi connectivity index (χ4n) is 2.86. The minimum absolute atomic E-state index is 0.0848. The van der Waals surface area contributed by atoms with Crippen LogP contribution in [0.4, 0.5) is 18.9 Å². The Morgan fingerprint density at radius 3 is 2.30 bits per heavy atom. The Balaban J connectivity index is 3.02. The summed E-state index contributed by atoms with van der Waals surface area (Å²) in [6.07, 6.45) is -2.84. The molecule has 0 unspecified atom stereocenters. The third-order valence-electron chi connectivity index (χ3n) is 4.80. The summed E-state index contributed by atoms with van der Waals surface area (Å²) in [6, 6.07) is 4.87. The van der Waals surface area contributed by atoms with Gasteiger partial charge >= 0.3 is 6.36 Å². The molecule has 4 nitrogen and oxygen atoms in total. The fraction of sp³-hybridized carbons (Fsp3) is 0.700. The van der Waals surface area contributed by atoms with Crippen LogP contribution < -0.4 is 15.0 Å². The summed E-state index contributed by atoms with van der Waals surface area (Å²) in [4.78, 5) is 4.11. The molecule has 27 heavy (non-hydrogen) atoms. The van der Waals surface area contributed by atoms with Crippen molar-refractivity contribution in [2.24, 2.45) is 0 Å². The minimum Gasteiger partial charge on any atom is -0.406 e. The lowest BCUT2D eigenvalue weighted by Crippen LogP contribution is -2.42. The highest BCUT2D eigenvalue weighted by atomic mass is 19.4. The second kappa shape index (κ2) is 10.2. The highest BCUT2D eigenvalue weighted by Gasteiger charge is 2.31. The molecule has 0 aliphatic rings. The second-order valence-electron chi connectivity index (χ2n) is 7.58. The van der Waals surface area contributed by atoms with E-state index in [0.717, 1.165) is 43.7 Å². The van der Waals surface area contributed by atoms with Crippen molar-refractivity contribution in [3.8, 4) is 5.75 Å². The Labute approximate surface area is 161 Å². The summed E-state index contributed by atoms with van der Waals surface area (Å²) in [5.41, 5.74) is 1.44. The van der Waals surface area contributed by atoms with Gasteiger partial charge in [-0.2, -0.15) is 0 Å². The Morgan fingerprint density at radius 2 is 1.74 bits per heavy atom. The molecule has 0 saturated carbocycles. The zero-order chi connectivity index (χ0) is 20.7. The maximum Gasteiger partial charge on any atom is 0.573 e. The molecule has 0 aliphatic heterocycles. The van der Waals surface area contributed by atoms with Crippen LogP contribution in [0.5, 0.6) is 5.75 Å². The molecule has 0 fully saturated rings. The van der Waals surface area contributed by atoms with E-state index in [1.807, 2.05) is 32.0 Å². The second-order valence-corrected chi connectivity index (χ2v) is 7.58. The predicted molar refractivity (Wildman–Crippen MR) is 105 cm³/mol. The summed E-state index contributed by atoms with van der Waals surface area (Å²) in [7, 11) is 3.88. The predicted octanol–water partition coefficient (Wildman–Crippen LogP) is 4.64. The van der Waals surface area contributed by atoms with Crippen LogP contribution in [-0.4, -0.2) is 50.5 Å². The first kappa shape index (κ1) is 23.6. The molecule has 1 N–H and O–H groups in total. The van der Waals surface area contributed by atoms with Crippen molar-refractivity contribution in [2.75, 3.05) is 38.6 Å². The molecule has 0 aliphatic carbocycles. The summed E-state index contributed by atoms with van der Waals surface area (Å²) in [5.74, 6) is -0.170. The molecule has 0 heterocycles. The number of hydrogen-bond acceptors (Lipinski definition) is 4. The molecule has 1 rings (SSSR count). The van der Waals surface area contributed by atoms with E-state index in [2.05, 4.69) is 35.7 Å². The third-order valence-corrected chi connectivity index (χ3v) is 4.80. The molecule has 0 bridgehead atoms. The van der Waals surface area contributed by atoms with Gasteiger partial charge in [-0.1, -0.05) is 13.8 Å². The molecule has 1 aromatic carbocycles. The summed E-state index contributed by atoms with van der Waals surface area (Å²) in [5, 5.41) is 3.32. The number of ether oxygens (including phenoxy) is 1. The monoisotopic (exact) mass is 389 g/mol. The van der Waals surface area contributed by atoms with Gasteiger partial charge in [-0.15, -0.1) is 13.2 Å². The van der Waals surface area contributed by atoms with Crippen molar-refractivity contribution in [1.29, 1.82) is 0 Å². The molecule has 7 heteroatoms. The van der Waals surface area contributed by atoms with Gasteiger partial charge in [-0.05, 0) is 64.5 Å². The molecular formula is C20H34F3N3O. The fourth-order valence-corrected chi connectivity index (χ4v) is 2.86. The van der Waals surface area contributed by atoms with Crippen molar-refractivity contribution in [1.82, 2.24) is 10.2 Å². The maximum absolute atomic E-state index is 12.7. The number of nitrogens with zero attached hydrogens (tertiary/aromatic N) is 2. The summed E-state index contributed by atoms with van der Waals surface area (Å²) >= 11 is 0. The quantitative estimate of drug-likeness (QED) is 0.558. The van der Waals surface area contributed by atoms with Crippen molar-refractivity contribution in [3.63, 3.8) is 0 Å². The van der Waals surface area contributed by atoms with Crippen LogP contribution in [0.15, 0.2) is 18.2 Å². The van der Waals surface area contributed by atoms with E-state index in [0.29, 0.717) is 6.54 Å². The Hall–Kier alpha value is -1.47. The van der Waals surface area contributed by atoms with E-state index < -0.39 is 6.36 Å². The maximum atomic E-state index is 12.7. The number of halogens is 3. The number of benzene rings is 1. The first-order valence-corrected chi connectivity index (χ1v) is 9.51. The molecule has 0 saturated heterocycles. The topological polar surface area (TPSA) is 27.7 Å². The molecule has 0 aromatic heterocycles. The zero-order valence-electron chi connectivity index (χ0n) is 17.4. The molecule has 0 spiro atoms. The first-order valence-electron chi connectivity index (χ1n) is 9.51. The smallest absolute Gasteiger partial charge is 0.406 e. The summed E-state index contributed by atoms with van der Waals surface area (Å²) < 4.78 is 42.4. The third kappa shape index (κ3) is 8.39. The van der Waals surface area contributed by atoms with Gasteiger partial charge in [-0.3, -0.25) is 4.90 Å². The standard InChI is InChI=1S/C20H34F3N3O/c1-7-11-25(5)17-12-16(13-18(14-17)27-20(21,22)23)15-26(6)19(3,4)9-10-24-8-2/h12-14,24H,7-11,15H2,1-6H3. The van der Waals surface area contributed by atoms with Gasteiger partial charge in [0.2, 0.25) is 0 Å². The lowest BCUT2D eigenvalue weighted by atomic mass is 9.97. The Bertz CT molecular complexity index is 576. The normalized spacial score (nSPS) is 12.5. The van der Waals surface area contributed by atoms with Crippen molar-refractivity contribution < 1.29 is 17.9 Å². The van der Waals surface area contributed by atoms with E-state index in [1.54, 1.807) is 0 Å². The first-order chi connectivity index (χ1) is 12.5. The molecule has 0 amide bonds. The van der Waals surface area contributed by atoms with E-state index in [9.17, 15) is 13.2 Å². The van der Waals surface area contributed by atoms with E-state index in [4.69, 9.17) is 0 Å². The van der Waals surface area contributed by atoms with Crippen molar-refractivity contribution in [3.05, 3.63) is 23.8 Å². The molecule has 156 valence electrons. The van der Waals surface area contributed by atoms with E-state index >= 15 is 0 Å². The lowest BCUT2D eigenvalue weighted by Gasteiger charge is -2.36. The number of hydrogen-bond donors (Lipinski definition) is 1. The Kier molecular flexibility index (Phi) is 8.88.